The van der Waals surface area contributed by atoms with Gasteiger partial charge in [0.25, 0.3) is 0 Å². The van der Waals surface area contributed by atoms with Crippen LogP contribution in [0.25, 0.3) is 0 Å². The highest BCUT2D eigenvalue weighted by Crippen LogP contribution is 2.21. The van der Waals surface area contributed by atoms with E-state index in [0.717, 1.165) is 17.8 Å². The molecule has 0 radical (unpaired) electrons. The van der Waals surface area contributed by atoms with Crippen LogP contribution in [0.2, 0.25) is 0 Å². The van der Waals surface area contributed by atoms with Crippen molar-refractivity contribution in [3.8, 4) is 0 Å². The van der Waals surface area contributed by atoms with Crippen LogP contribution in [0.15, 0.2) is 0 Å². The SMILES string of the molecule is CCC(C)C(C)CCCCC(C)C. The van der Waals surface area contributed by atoms with Gasteiger partial charge in [0.1, 0.15) is 0 Å². The molecule has 80 valence electrons. The third-order valence-corrected chi connectivity index (χ3v) is 3.31. The van der Waals surface area contributed by atoms with Crippen molar-refractivity contribution in [2.24, 2.45) is 17.8 Å². The van der Waals surface area contributed by atoms with Crippen molar-refractivity contribution in [2.45, 2.75) is 66.7 Å². The first-order valence-electron chi connectivity index (χ1n) is 6.07. The Kier molecular flexibility index (Phi) is 7.41. The summed E-state index contributed by atoms with van der Waals surface area (Å²) in [6.07, 6.45) is 7.04. The quantitative estimate of drug-likeness (QED) is 0.494. The summed E-state index contributed by atoms with van der Waals surface area (Å²) >= 11 is 0. The van der Waals surface area contributed by atoms with Gasteiger partial charge in [0, 0.05) is 0 Å². The van der Waals surface area contributed by atoms with E-state index >= 15 is 0 Å². The molecule has 0 rings (SSSR count). The summed E-state index contributed by atoms with van der Waals surface area (Å²) in [4.78, 5) is 0. The summed E-state index contributed by atoms with van der Waals surface area (Å²) in [7, 11) is 0. The van der Waals surface area contributed by atoms with Gasteiger partial charge in [0.05, 0.1) is 0 Å². The maximum Gasteiger partial charge on any atom is -0.0417 e. The lowest BCUT2D eigenvalue weighted by Crippen LogP contribution is -2.06. The van der Waals surface area contributed by atoms with E-state index in [1.807, 2.05) is 0 Å². The van der Waals surface area contributed by atoms with Gasteiger partial charge in [-0.2, -0.15) is 0 Å². The molecule has 0 amide bonds. The predicted octanol–water partition coefficient (Wildman–Crippen LogP) is 4.89. The van der Waals surface area contributed by atoms with E-state index in [1.165, 1.54) is 32.1 Å². The second kappa shape index (κ2) is 7.41. The van der Waals surface area contributed by atoms with Crippen molar-refractivity contribution in [3.63, 3.8) is 0 Å². The van der Waals surface area contributed by atoms with Gasteiger partial charge in [0.15, 0.2) is 0 Å². The summed E-state index contributed by atoms with van der Waals surface area (Å²) < 4.78 is 0. The Bertz CT molecular complexity index is 105. The molecule has 0 aromatic heterocycles. The summed E-state index contributed by atoms with van der Waals surface area (Å²) in [6, 6.07) is 0. The molecule has 0 aliphatic rings. The topological polar surface area (TPSA) is 0 Å². The van der Waals surface area contributed by atoms with E-state index in [4.69, 9.17) is 0 Å². The fourth-order valence-electron chi connectivity index (χ4n) is 1.71. The van der Waals surface area contributed by atoms with Crippen LogP contribution in [-0.4, -0.2) is 0 Å². The lowest BCUT2D eigenvalue weighted by molar-refractivity contribution is 0.339. The van der Waals surface area contributed by atoms with Gasteiger partial charge in [-0.25, -0.2) is 0 Å². The third kappa shape index (κ3) is 7.10. The molecule has 0 bridgehead atoms. The minimum Gasteiger partial charge on any atom is -0.0651 e. The molecule has 0 aliphatic heterocycles. The zero-order valence-corrected chi connectivity index (χ0v) is 10.3. The predicted molar refractivity (Wildman–Crippen MR) is 61.9 cm³/mol. The normalized spacial score (nSPS) is 16.2. The molecule has 0 aromatic carbocycles. The molecule has 0 aromatic rings. The van der Waals surface area contributed by atoms with Crippen molar-refractivity contribution < 1.29 is 0 Å². The van der Waals surface area contributed by atoms with Gasteiger partial charge in [-0.15, -0.1) is 0 Å². The maximum atomic E-state index is 2.41. The van der Waals surface area contributed by atoms with Crippen LogP contribution < -0.4 is 0 Å². The first kappa shape index (κ1) is 13.0. The highest BCUT2D eigenvalue weighted by atomic mass is 14.1. The average molecular weight is 184 g/mol. The van der Waals surface area contributed by atoms with Crippen molar-refractivity contribution >= 4 is 0 Å². The second-order valence-corrected chi connectivity index (χ2v) is 5.04. The Hall–Kier alpha value is 0. The molecule has 0 spiro atoms. The van der Waals surface area contributed by atoms with Gasteiger partial charge in [0.2, 0.25) is 0 Å². The molecule has 0 heteroatoms. The second-order valence-electron chi connectivity index (χ2n) is 5.04. The van der Waals surface area contributed by atoms with Gasteiger partial charge in [-0.05, 0) is 17.8 Å². The molecule has 0 N–H and O–H groups in total. The fraction of sp³-hybridized carbons (Fsp3) is 1.00. The highest BCUT2D eigenvalue weighted by Gasteiger charge is 2.09. The number of rotatable bonds is 7. The summed E-state index contributed by atoms with van der Waals surface area (Å²) in [6.45, 7) is 11.7. The van der Waals surface area contributed by atoms with E-state index < -0.39 is 0 Å². The molecule has 0 saturated heterocycles. The lowest BCUT2D eigenvalue weighted by atomic mass is 9.88. The largest absolute Gasteiger partial charge is 0.0651 e. The zero-order valence-electron chi connectivity index (χ0n) is 10.3. The minimum atomic E-state index is 0.888. The van der Waals surface area contributed by atoms with Crippen LogP contribution in [0, 0.1) is 17.8 Å². The highest BCUT2D eigenvalue weighted by molar-refractivity contribution is 4.60. The molecule has 0 aliphatic carbocycles. The molecule has 2 atom stereocenters. The zero-order chi connectivity index (χ0) is 10.3. The Labute approximate surface area is 85.1 Å². The van der Waals surface area contributed by atoms with E-state index in [9.17, 15) is 0 Å². The molecular weight excluding hydrogens is 156 g/mol. The van der Waals surface area contributed by atoms with E-state index in [0.29, 0.717) is 0 Å². The van der Waals surface area contributed by atoms with Gasteiger partial charge in [-0.3, -0.25) is 0 Å². The van der Waals surface area contributed by atoms with Crippen molar-refractivity contribution in [1.82, 2.24) is 0 Å². The number of hydrogen-bond acceptors (Lipinski definition) is 0. The van der Waals surface area contributed by atoms with Crippen LogP contribution in [0.1, 0.15) is 66.7 Å². The van der Waals surface area contributed by atoms with Crippen LogP contribution in [-0.2, 0) is 0 Å². The first-order valence-corrected chi connectivity index (χ1v) is 6.07. The van der Waals surface area contributed by atoms with Gasteiger partial charge >= 0.3 is 0 Å². The first-order chi connectivity index (χ1) is 6.07. The van der Waals surface area contributed by atoms with Crippen LogP contribution in [0.4, 0.5) is 0 Å². The van der Waals surface area contributed by atoms with Crippen molar-refractivity contribution in [1.29, 1.82) is 0 Å². The van der Waals surface area contributed by atoms with Crippen LogP contribution >= 0.6 is 0 Å². The molecule has 0 nitrogen and oxygen atoms in total. The lowest BCUT2D eigenvalue weighted by Gasteiger charge is -2.18. The Morgan fingerprint density at radius 2 is 1.31 bits per heavy atom. The Balaban J connectivity index is 3.31. The molecular formula is C13H28. The van der Waals surface area contributed by atoms with E-state index in [-0.39, 0.29) is 0 Å². The molecule has 0 saturated carbocycles. The summed E-state index contributed by atoms with van der Waals surface area (Å²) in [5.74, 6) is 2.73. The third-order valence-electron chi connectivity index (χ3n) is 3.31. The molecule has 0 heterocycles. The summed E-state index contributed by atoms with van der Waals surface area (Å²) in [5, 5.41) is 0. The Morgan fingerprint density at radius 1 is 0.769 bits per heavy atom. The summed E-state index contributed by atoms with van der Waals surface area (Å²) in [5.41, 5.74) is 0. The molecule has 0 fully saturated rings. The van der Waals surface area contributed by atoms with Crippen LogP contribution in [0.5, 0.6) is 0 Å². The van der Waals surface area contributed by atoms with Crippen molar-refractivity contribution in [3.05, 3.63) is 0 Å². The van der Waals surface area contributed by atoms with Gasteiger partial charge < -0.3 is 0 Å². The Morgan fingerprint density at radius 3 is 1.77 bits per heavy atom. The number of hydrogen-bond donors (Lipinski definition) is 0. The molecule has 13 heavy (non-hydrogen) atoms. The fourth-order valence-corrected chi connectivity index (χ4v) is 1.71. The van der Waals surface area contributed by atoms with E-state index in [1.54, 1.807) is 0 Å². The van der Waals surface area contributed by atoms with E-state index in [2.05, 4.69) is 34.6 Å². The standard InChI is InChI=1S/C13H28/c1-6-12(4)13(5)10-8-7-9-11(2)3/h11-13H,6-10H2,1-5H3. The minimum absolute atomic E-state index is 0.888. The average Bonchev–Trinajstić information content (AvgIpc) is 2.10. The van der Waals surface area contributed by atoms with Gasteiger partial charge in [-0.1, -0.05) is 66.7 Å². The smallest absolute Gasteiger partial charge is 0.0417 e. The maximum absolute atomic E-state index is 2.41. The van der Waals surface area contributed by atoms with Crippen LogP contribution in [0.3, 0.4) is 0 Å². The molecule has 2 unspecified atom stereocenters. The number of unbranched alkanes of at least 4 members (excludes halogenated alkanes) is 1. The van der Waals surface area contributed by atoms with Crippen molar-refractivity contribution in [2.75, 3.05) is 0 Å². The monoisotopic (exact) mass is 184 g/mol.